The lowest BCUT2D eigenvalue weighted by atomic mass is 10.1. The van der Waals surface area contributed by atoms with Gasteiger partial charge in [-0.2, -0.15) is 0 Å². The highest BCUT2D eigenvalue weighted by molar-refractivity contribution is 5.96. The first-order valence-electron chi connectivity index (χ1n) is 7.98. The average molecular weight is 319 g/mol. The van der Waals surface area contributed by atoms with Gasteiger partial charge in [-0.25, -0.2) is 4.79 Å². The van der Waals surface area contributed by atoms with Gasteiger partial charge >= 0.3 is 6.03 Å². The van der Waals surface area contributed by atoms with Gasteiger partial charge in [0.15, 0.2) is 0 Å². The first-order valence-corrected chi connectivity index (χ1v) is 7.98. The third kappa shape index (κ3) is 4.87. The fourth-order valence-electron chi connectivity index (χ4n) is 2.53. The molecule has 1 aliphatic rings. The molecule has 1 atom stereocenters. The maximum absolute atomic E-state index is 12.1. The maximum atomic E-state index is 12.1. The second-order valence-corrected chi connectivity index (χ2v) is 6.19. The van der Waals surface area contributed by atoms with Crippen LogP contribution in [0.15, 0.2) is 24.3 Å². The molecular formula is C17H25N3O3. The minimum Gasteiger partial charge on any atom is -0.497 e. The zero-order valence-corrected chi connectivity index (χ0v) is 14.0. The van der Waals surface area contributed by atoms with E-state index in [1.54, 1.807) is 12.0 Å². The third-order valence-electron chi connectivity index (χ3n) is 3.85. The van der Waals surface area contributed by atoms with E-state index in [9.17, 15) is 9.59 Å². The summed E-state index contributed by atoms with van der Waals surface area (Å²) in [4.78, 5) is 25.7. The van der Waals surface area contributed by atoms with Crippen LogP contribution in [0.25, 0.3) is 0 Å². The molecule has 0 spiro atoms. The van der Waals surface area contributed by atoms with E-state index in [1.807, 2.05) is 24.3 Å². The summed E-state index contributed by atoms with van der Waals surface area (Å²) >= 11 is 0. The van der Waals surface area contributed by atoms with Crippen molar-refractivity contribution in [3.63, 3.8) is 0 Å². The Kier molecular flexibility index (Phi) is 5.84. The van der Waals surface area contributed by atoms with E-state index >= 15 is 0 Å². The molecule has 1 aliphatic heterocycles. The Morgan fingerprint density at radius 3 is 2.65 bits per heavy atom. The lowest BCUT2D eigenvalue weighted by molar-refractivity contribution is -0.117. The van der Waals surface area contributed by atoms with E-state index in [-0.39, 0.29) is 18.0 Å². The molecule has 2 N–H and O–H groups in total. The van der Waals surface area contributed by atoms with Crippen LogP contribution in [0.2, 0.25) is 0 Å². The molecule has 1 fully saturated rings. The number of ether oxygens (including phenoxy) is 1. The molecule has 1 heterocycles. The second-order valence-electron chi connectivity index (χ2n) is 6.19. The van der Waals surface area contributed by atoms with Crippen molar-refractivity contribution in [2.75, 3.05) is 25.1 Å². The van der Waals surface area contributed by atoms with Crippen molar-refractivity contribution in [1.29, 1.82) is 0 Å². The predicted octanol–water partition coefficient (Wildman–Crippen LogP) is 2.15. The van der Waals surface area contributed by atoms with E-state index in [4.69, 9.17) is 4.74 Å². The van der Waals surface area contributed by atoms with Crippen LogP contribution in [0.3, 0.4) is 0 Å². The lowest BCUT2D eigenvalue weighted by Crippen LogP contribution is -2.43. The van der Waals surface area contributed by atoms with E-state index in [1.165, 1.54) is 0 Å². The van der Waals surface area contributed by atoms with Crippen molar-refractivity contribution in [2.45, 2.75) is 32.7 Å². The van der Waals surface area contributed by atoms with Crippen LogP contribution < -0.4 is 20.3 Å². The summed E-state index contributed by atoms with van der Waals surface area (Å²) in [7, 11) is 1.61. The van der Waals surface area contributed by atoms with Crippen LogP contribution in [0.1, 0.15) is 26.7 Å². The van der Waals surface area contributed by atoms with Gasteiger partial charge in [0.1, 0.15) is 5.75 Å². The first kappa shape index (κ1) is 17.1. The number of nitrogens with one attached hydrogen (secondary N) is 2. The van der Waals surface area contributed by atoms with Gasteiger partial charge in [0.05, 0.1) is 13.2 Å². The van der Waals surface area contributed by atoms with Gasteiger partial charge < -0.3 is 20.3 Å². The van der Waals surface area contributed by atoms with Gasteiger partial charge in [0.2, 0.25) is 5.91 Å². The number of amides is 3. The molecular weight excluding hydrogens is 294 g/mol. The summed E-state index contributed by atoms with van der Waals surface area (Å²) in [5.41, 5.74) is 0.820. The van der Waals surface area contributed by atoms with Gasteiger partial charge in [-0.3, -0.25) is 4.79 Å². The van der Waals surface area contributed by atoms with E-state index in [0.29, 0.717) is 25.4 Å². The van der Waals surface area contributed by atoms with Crippen molar-refractivity contribution in [3.05, 3.63) is 24.3 Å². The van der Waals surface area contributed by atoms with Crippen molar-refractivity contribution < 1.29 is 14.3 Å². The van der Waals surface area contributed by atoms with Gasteiger partial charge in [-0.1, -0.05) is 13.8 Å². The van der Waals surface area contributed by atoms with E-state index in [0.717, 1.165) is 17.9 Å². The Bertz CT molecular complexity index is 543. The number of carbonyl (C=O) groups is 2. The summed E-state index contributed by atoms with van der Waals surface area (Å²) in [5.74, 6) is 1.32. The van der Waals surface area contributed by atoms with Crippen LogP contribution in [0.4, 0.5) is 10.5 Å². The summed E-state index contributed by atoms with van der Waals surface area (Å²) < 4.78 is 5.12. The van der Waals surface area contributed by atoms with Crippen molar-refractivity contribution in [1.82, 2.24) is 10.6 Å². The highest BCUT2D eigenvalue weighted by Crippen LogP contribution is 2.24. The molecule has 3 amide bonds. The van der Waals surface area contributed by atoms with Crippen LogP contribution in [-0.2, 0) is 4.79 Å². The third-order valence-corrected chi connectivity index (χ3v) is 3.85. The van der Waals surface area contributed by atoms with Crippen LogP contribution in [0.5, 0.6) is 5.75 Å². The molecule has 126 valence electrons. The molecule has 0 saturated carbocycles. The number of urea groups is 1. The Labute approximate surface area is 137 Å². The van der Waals surface area contributed by atoms with Crippen LogP contribution in [0, 0.1) is 5.92 Å². The largest absolute Gasteiger partial charge is 0.497 e. The van der Waals surface area contributed by atoms with Crippen molar-refractivity contribution in [3.8, 4) is 5.75 Å². The Balaban J connectivity index is 1.85. The monoisotopic (exact) mass is 319 g/mol. The van der Waals surface area contributed by atoms with Gasteiger partial charge in [0, 0.05) is 25.2 Å². The number of rotatable bonds is 6. The second kappa shape index (κ2) is 7.85. The number of anilines is 1. The highest BCUT2D eigenvalue weighted by atomic mass is 16.5. The summed E-state index contributed by atoms with van der Waals surface area (Å²) in [5, 5.41) is 5.70. The summed E-state index contributed by atoms with van der Waals surface area (Å²) in [6.45, 7) is 5.36. The van der Waals surface area contributed by atoms with Crippen molar-refractivity contribution >= 4 is 17.6 Å². The number of nitrogens with zero attached hydrogens (tertiary/aromatic N) is 1. The number of methoxy groups -OCH3 is 1. The average Bonchev–Trinajstić information content (AvgIpc) is 2.87. The molecule has 23 heavy (non-hydrogen) atoms. The molecule has 0 radical (unpaired) electrons. The molecule has 1 saturated heterocycles. The smallest absolute Gasteiger partial charge is 0.315 e. The zero-order chi connectivity index (χ0) is 16.8. The molecule has 6 nitrogen and oxygen atoms in total. The molecule has 1 aromatic carbocycles. The molecule has 0 aromatic heterocycles. The number of hydrogen-bond donors (Lipinski definition) is 2. The van der Waals surface area contributed by atoms with Crippen LogP contribution in [-0.4, -0.2) is 38.2 Å². The first-order chi connectivity index (χ1) is 11.0. The predicted molar refractivity (Wildman–Crippen MR) is 89.7 cm³/mol. The fraction of sp³-hybridized carbons (Fsp3) is 0.529. The van der Waals surface area contributed by atoms with Gasteiger partial charge in [-0.05, 0) is 36.6 Å². The Hall–Kier alpha value is -2.24. The van der Waals surface area contributed by atoms with Gasteiger partial charge in [-0.15, -0.1) is 0 Å². The molecule has 2 rings (SSSR count). The molecule has 6 heteroatoms. The molecule has 0 unspecified atom stereocenters. The van der Waals surface area contributed by atoms with E-state index < -0.39 is 0 Å². The normalized spacial score (nSPS) is 17.5. The van der Waals surface area contributed by atoms with E-state index in [2.05, 4.69) is 24.5 Å². The number of benzene rings is 1. The van der Waals surface area contributed by atoms with Gasteiger partial charge in [0.25, 0.3) is 0 Å². The Morgan fingerprint density at radius 2 is 2.04 bits per heavy atom. The summed E-state index contributed by atoms with van der Waals surface area (Å²) in [6, 6.07) is 6.97. The minimum atomic E-state index is -0.208. The number of carbonyl (C=O) groups excluding carboxylic acids is 2. The SMILES string of the molecule is COc1ccc(N2C[C@@H](NC(=O)NCCC(C)C)CC2=O)cc1. The standard InChI is InChI=1S/C17H25N3O3/c1-12(2)8-9-18-17(22)19-13-10-16(21)20(11-13)14-4-6-15(23-3)7-5-14/h4-7,12-13H,8-11H2,1-3H3,(H2,18,19,22)/t13-/m0/s1. The summed E-state index contributed by atoms with van der Waals surface area (Å²) in [6.07, 6.45) is 1.26. The minimum absolute atomic E-state index is 0.0163. The quantitative estimate of drug-likeness (QED) is 0.844. The zero-order valence-electron chi connectivity index (χ0n) is 14.0. The lowest BCUT2D eigenvalue weighted by Gasteiger charge is -2.18. The fourth-order valence-corrected chi connectivity index (χ4v) is 2.53. The molecule has 0 bridgehead atoms. The molecule has 0 aliphatic carbocycles. The topological polar surface area (TPSA) is 70.7 Å². The molecule has 1 aromatic rings. The highest BCUT2D eigenvalue weighted by Gasteiger charge is 2.31. The van der Waals surface area contributed by atoms with Crippen molar-refractivity contribution in [2.24, 2.45) is 5.92 Å². The Morgan fingerprint density at radius 1 is 1.35 bits per heavy atom. The number of hydrogen-bond acceptors (Lipinski definition) is 3. The van der Waals surface area contributed by atoms with Crippen LogP contribution >= 0.6 is 0 Å². The maximum Gasteiger partial charge on any atom is 0.315 e.